The molecule has 4 rings (SSSR count). The molecular formula is C21H20ClN3O3. The first kappa shape index (κ1) is 18.5. The Kier molecular flexibility index (Phi) is 5.30. The van der Waals surface area contributed by atoms with Gasteiger partial charge in [0, 0.05) is 30.6 Å². The Morgan fingerprint density at radius 2 is 2.07 bits per heavy atom. The summed E-state index contributed by atoms with van der Waals surface area (Å²) in [6.07, 6.45) is 4.17. The summed E-state index contributed by atoms with van der Waals surface area (Å²) >= 11 is 5.92. The van der Waals surface area contributed by atoms with Crippen LogP contribution < -0.4 is 5.56 Å². The van der Waals surface area contributed by atoms with E-state index in [9.17, 15) is 9.59 Å². The van der Waals surface area contributed by atoms with E-state index in [1.807, 2.05) is 24.3 Å². The molecule has 2 aromatic heterocycles. The van der Waals surface area contributed by atoms with Crippen LogP contribution in [0.15, 0.2) is 57.9 Å². The molecular weight excluding hydrogens is 378 g/mol. The fraction of sp³-hybridized carbons (Fsp3) is 0.286. The molecule has 3 aromatic rings. The van der Waals surface area contributed by atoms with Gasteiger partial charge in [0.25, 0.3) is 5.91 Å². The highest BCUT2D eigenvalue weighted by Crippen LogP contribution is 2.28. The highest BCUT2D eigenvalue weighted by molar-refractivity contribution is 6.30. The normalized spacial score (nSPS) is 16.9. The monoisotopic (exact) mass is 397 g/mol. The quantitative estimate of drug-likeness (QED) is 0.729. The molecule has 1 aliphatic heterocycles. The van der Waals surface area contributed by atoms with E-state index >= 15 is 0 Å². The average Bonchev–Trinajstić information content (AvgIpc) is 3.18. The maximum absolute atomic E-state index is 12.7. The molecule has 1 saturated heterocycles. The summed E-state index contributed by atoms with van der Waals surface area (Å²) in [5.41, 5.74) is 1.13. The number of rotatable bonds is 4. The van der Waals surface area contributed by atoms with Crippen LogP contribution in [-0.4, -0.2) is 33.9 Å². The van der Waals surface area contributed by atoms with Gasteiger partial charge in [-0.1, -0.05) is 29.8 Å². The smallest absolute Gasteiger partial charge is 0.270 e. The van der Waals surface area contributed by atoms with Gasteiger partial charge in [-0.15, -0.1) is 0 Å². The number of likely N-dealkylation sites (tertiary alicyclic amines) is 1. The predicted octanol–water partition coefficient (Wildman–Crippen LogP) is 3.63. The molecule has 1 fully saturated rings. The van der Waals surface area contributed by atoms with Crippen LogP contribution in [0.25, 0.3) is 0 Å². The van der Waals surface area contributed by atoms with Crippen LogP contribution in [0.3, 0.4) is 0 Å². The van der Waals surface area contributed by atoms with E-state index in [2.05, 4.69) is 9.97 Å². The minimum atomic E-state index is -0.279. The van der Waals surface area contributed by atoms with Crippen molar-refractivity contribution in [2.75, 3.05) is 13.1 Å². The summed E-state index contributed by atoms with van der Waals surface area (Å²) in [4.78, 5) is 33.0. The number of hydrogen-bond donors (Lipinski definition) is 1. The maximum Gasteiger partial charge on any atom is 0.270 e. The van der Waals surface area contributed by atoms with Crippen LogP contribution in [0.2, 0.25) is 5.02 Å². The third kappa shape index (κ3) is 4.17. The molecule has 6 nitrogen and oxygen atoms in total. The van der Waals surface area contributed by atoms with E-state index in [0.29, 0.717) is 36.1 Å². The first-order valence-corrected chi connectivity index (χ1v) is 9.64. The Labute approximate surface area is 167 Å². The molecule has 0 unspecified atom stereocenters. The molecule has 1 aliphatic rings. The highest BCUT2D eigenvalue weighted by Gasteiger charge is 2.28. The first-order valence-electron chi connectivity index (χ1n) is 9.26. The van der Waals surface area contributed by atoms with Crippen molar-refractivity contribution in [3.8, 4) is 0 Å². The lowest BCUT2D eigenvalue weighted by Crippen LogP contribution is -2.40. The fourth-order valence-electron chi connectivity index (χ4n) is 3.50. The number of carbonyl (C=O) groups excluding carboxylic acids is 1. The standard InChI is InChI=1S/C21H20ClN3O3/c22-16-8-6-14(7-9-16)11-17-12-23-20(28-17)15-3-2-10-25(13-15)21(27)18-4-1-5-19(26)24-18/h1,4-9,12,15H,2-3,10-11,13H2,(H,24,26)/t15-/m1/s1. The van der Waals surface area contributed by atoms with Gasteiger partial charge in [-0.2, -0.15) is 0 Å². The topological polar surface area (TPSA) is 79.2 Å². The van der Waals surface area contributed by atoms with E-state index in [4.69, 9.17) is 16.0 Å². The largest absolute Gasteiger partial charge is 0.445 e. The Morgan fingerprint density at radius 3 is 2.86 bits per heavy atom. The van der Waals surface area contributed by atoms with Crippen LogP contribution >= 0.6 is 11.6 Å². The van der Waals surface area contributed by atoms with Crippen LogP contribution in [0.1, 0.15) is 46.5 Å². The van der Waals surface area contributed by atoms with Crippen LogP contribution in [-0.2, 0) is 6.42 Å². The lowest BCUT2D eigenvalue weighted by molar-refractivity contribution is 0.0691. The summed E-state index contributed by atoms with van der Waals surface area (Å²) in [6.45, 7) is 1.18. The van der Waals surface area contributed by atoms with E-state index in [-0.39, 0.29) is 17.4 Å². The minimum Gasteiger partial charge on any atom is -0.445 e. The van der Waals surface area contributed by atoms with Crippen molar-refractivity contribution >= 4 is 17.5 Å². The van der Waals surface area contributed by atoms with Gasteiger partial charge in [-0.05, 0) is 36.6 Å². The Balaban J connectivity index is 1.44. The molecule has 3 heterocycles. The van der Waals surface area contributed by atoms with Gasteiger partial charge in [0.15, 0.2) is 5.89 Å². The van der Waals surface area contributed by atoms with Crippen molar-refractivity contribution in [2.24, 2.45) is 0 Å². The van der Waals surface area contributed by atoms with Crippen LogP contribution in [0.5, 0.6) is 0 Å². The van der Waals surface area contributed by atoms with E-state index < -0.39 is 0 Å². The van der Waals surface area contributed by atoms with Crippen molar-refractivity contribution in [2.45, 2.75) is 25.2 Å². The molecule has 1 atom stereocenters. The van der Waals surface area contributed by atoms with Crippen molar-refractivity contribution in [3.05, 3.63) is 86.9 Å². The van der Waals surface area contributed by atoms with Gasteiger partial charge in [0.2, 0.25) is 5.56 Å². The zero-order valence-corrected chi connectivity index (χ0v) is 16.0. The van der Waals surface area contributed by atoms with Gasteiger partial charge in [-0.3, -0.25) is 9.59 Å². The third-order valence-corrected chi connectivity index (χ3v) is 5.17. The van der Waals surface area contributed by atoms with Crippen LogP contribution in [0, 0.1) is 0 Å². The van der Waals surface area contributed by atoms with Gasteiger partial charge >= 0.3 is 0 Å². The molecule has 144 valence electrons. The fourth-order valence-corrected chi connectivity index (χ4v) is 3.63. The molecule has 0 radical (unpaired) electrons. The van der Waals surface area contributed by atoms with E-state index in [1.54, 1.807) is 23.2 Å². The molecule has 0 saturated carbocycles. The summed E-state index contributed by atoms with van der Waals surface area (Å²) in [6, 6.07) is 12.2. The number of oxazole rings is 1. The second-order valence-corrected chi connectivity index (χ2v) is 7.42. The van der Waals surface area contributed by atoms with Crippen molar-refractivity contribution in [3.63, 3.8) is 0 Å². The number of aromatic amines is 1. The minimum absolute atomic E-state index is 0.0482. The molecule has 7 heteroatoms. The van der Waals surface area contributed by atoms with Gasteiger partial charge < -0.3 is 14.3 Å². The zero-order chi connectivity index (χ0) is 19.5. The predicted molar refractivity (Wildman–Crippen MR) is 106 cm³/mol. The summed E-state index contributed by atoms with van der Waals surface area (Å²) in [5, 5.41) is 0.703. The third-order valence-electron chi connectivity index (χ3n) is 4.92. The number of pyridine rings is 1. The molecule has 1 amide bonds. The van der Waals surface area contributed by atoms with Crippen LogP contribution in [0.4, 0.5) is 0 Å². The molecule has 0 aliphatic carbocycles. The molecule has 0 bridgehead atoms. The molecule has 1 N–H and O–H groups in total. The number of hydrogen-bond acceptors (Lipinski definition) is 4. The number of nitrogens with zero attached hydrogens (tertiary/aromatic N) is 2. The maximum atomic E-state index is 12.7. The number of H-pyrrole nitrogens is 1. The number of benzene rings is 1. The summed E-state index contributed by atoms with van der Waals surface area (Å²) in [7, 11) is 0. The van der Waals surface area contributed by atoms with Crippen molar-refractivity contribution in [1.82, 2.24) is 14.9 Å². The van der Waals surface area contributed by atoms with Gasteiger partial charge in [-0.25, -0.2) is 4.98 Å². The number of nitrogens with one attached hydrogen (secondary N) is 1. The summed E-state index contributed by atoms with van der Waals surface area (Å²) < 4.78 is 5.97. The van der Waals surface area contributed by atoms with E-state index in [0.717, 1.165) is 24.2 Å². The van der Waals surface area contributed by atoms with Crippen molar-refractivity contribution < 1.29 is 9.21 Å². The second-order valence-electron chi connectivity index (χ2n) is 6.99. The number of piperidine rings is 1. The average molecular weight is 398 g/mol. The van der Waals surface area contributed by atoms with Crippen molar-refractivity contribution in [1.29, 1.82) is 0 Å². The number of amides is 1. The van der Waals surface area contributed by atoms with E-state index in [1.165, 1.54) is 6.07 Å². The number of halogens is 1. The Hall–Kier alpha value is -2.86. The van der Waals surface area contributed by atoms with Gasteiger partial charge in [0.05, 0.1) is 12.1 Å². The second kappa shape index (κ2) is 8.02. The lowest BCUT2D eigenvalue weighted by Gasteiger charge is -2.31. The Morgan fingerprint density at radius 1 is 1.25 bits per heavy atom. The number of aromatic nitrogens is 2. The lowest BCUT2D eigenvalue weighted by atomic mass is 9.97. The SMILES string of the molecule is O=C(c1cccc(=O)[nH]1)N1CCC[C@@H](c2ncc(Cc3ccc(Cl)cc3)o2)C1. The number of carbonyl (C=O) groups is 1. The molecule has 1 aromatic carbocycles. The molecule has 0 spiro atoms. The first-order chi connectivity index (χ1) is 13.6. The Bertz CT molecular complexity index is 1030. The zero-order valence-electron chi connectivity index (χ0n) is 15.2. The highest BCUT2D eigenvalue weighted by atomic mass is 35.5. The molecule has 28 heavy (non-hydrogen) atoms. The van der Waals surface area contributed by atoms with Gasteiger partial charge in [0.1, 0.15) is 11.5 Å². The summed E-state index contributed by atoms with van der Waals surface area (Å²) in [5.74, 6) is 1.32.